The molecule has 0 saturated heterocycles. The van der Waals surface area contributed by atoms with E-state index >= 15 is 0 Å². The van der Waals surface area contributed by atoms with Gasteiger partial charge in [0, 0.05) is 6.04 Å². The average molecular weight is 385 g/mol. The zero-order valence-corrected chi connectivity index (χ0v) is 15.9. The molecule has 0 bridgehead atoms. The molecule has 27 heavy (non-hydrogen) atoms. The van der Waals surface area contributed by atoms with Crippen molar-refractivity contribution in [2.24, 2.45) is 0 Å². The van der Waals surface area contributed by atoms with Crippen LogP contribution in [0.15, 0.2) is 59.6 Å². The highest BCUT2D eigenvalue weighted by molar-refractivity contribution is 7.93. The van der Waals surface area contributed by atoms with Crippen molar-refractivity contribution in [3.05, 3.63) is 71.8 Å². The largest absolute Gasteiger partial charge is 0.267 e. The number of halogens is 1. The Labute approximate surface area is 158 Å². The van der Waals surface area contributed by atoms with Crippen molar-refractivity contribution in [3.8, 4) is 5.69 Å². The van der Waals surface area contributed by atoms with Crippen LogP contribution in [0.1, 0.15) is 24.6 Å². The van der Waals surface area contributed by atoms with Crippen molar-refractivity contribution in [2.75, 3.05) is 4.31 Å². The minimum absolute atomic E-state index is 0.162. The molecule has 7 heteroatoms. The smallest absolute Gasteiger partial charge is 0.263 e. The molecular formula is C20H20FN3O2S. The van der Waals surface area contributed by atoms with Gasteiger partial charge in [0.15, 0.2) is 0 Å². The van der Waals surface area contributed by atoms with Crippen molar-refractivity contribution in [1.82, 2.24) is 9.78 Å². The van der Waals surface area contributed by atoms with Crippen LogP contribution in [0, 0.1) is 12.7 Å². The molecule has 1 aromatic heterocycles. The minimum Gasteiger partial charge on any atom is -0.263 e. The molecule has 1 aliphatic rings. The first-order chi connectivity index (χ1) is 12.9. The standard InChI is InChI=1S/C20H20FN3O2S/c1-14-8-9-16-12-17(21)10-11-19(16)24(14)27(25,26)20-13-23(22-15(20)2)18-6-4-3-5-7-18/h3-7,10-14H,8-9H2,1-2H3. The summed E-state index contributed by atoms with van der Waals surface area (Å²) in [6.07, 6.45) is 2.84. The number of aromatic nitrogens is 2. The van der Waals surface area contributed by atoms with Gasteiger partial charge in [-0.25, -0.2) is 17.5 Å². The lowest BCUT2D eigenvalue weighted by atomic mass is 9.99. The maximum atomic E-state index is 13.6. The number of benzene rings is 2. The summed E-state index contributed by atoms with van der Waals surface area (Å²) < 4.78 is 43.6. The van der Waals surface area contributed by atoms with Gasteiger partial charge in [-0.15, -0.1) is 0 Å². The molecule has 2 aromatic carbocycles. The summed E-state index contributed by atoms with van der Waals surface area (Å²) in [6, 6.07) is 13.4. The van der Waals surface area contributed by atoms with Crippen molar-refractivity contribution in [1.29, 1.82) is 0 Å². The quantitative estimate of drug-likeness (QED) is 0.688. The molecular weight excluding hydrogens is 365 g/mol. The molecule has 4 rings (SSSR count). The highest BCUT2D eigenvalue weighted by atomic mass is 32.2. The van der Waals surface area contributed by atoms with Crippen LogP contribution in [0.2, 0.25) is 0 Å². The normalized spacial score (nSPS) is 17.0. The Balaban J connectivity index is 1.82. The molecule has 2 heterocycles. The second-order valence-corrected chi connectivity index (χ2v) is 8.60. The number of anilines is 1. The highest BCUT2D eigenvalue weighted by Crippen LogP contribution is 2.36. The van der Waals surface area contributed by atoms with E-state index in [9.17, 15) is 12.8 Å². The summed E-state index contributed by atoms with van der Waals surface area (Å²) in [5, 5.41) is 4.39. The van der Waals surface area contributed by atoms with E-state index in [1.807, 2.05) is 37.3 Å². The van der Waals surface area contributed by atoms with Gasteiger partial charge in [-0.3, -0.25) is 4.31 Å². The lowest BCUT2D eigenvalue weighted by molar-refractivity contribution is 0.559. The zero-order valence-electron chi connectivity index (χ0n) is 15.1. The summed E-state index contributed by atoms with van der Waals surface area (Å²) in [5.41, 5.74) is 2.48. The molecule has 5 nitrogen and oxygen atoms in total. The molecule has 3 aromatic rings. The first-order valence-corrected chi connectivity index (χ1v) is 10.3. The van der Waals surface area contributed by atoms with E-state index in [-0.39, 0.29) is 16.8 Å². The molecule has 140 valence electrons. The Bertz CT molecular complexity index is 1090. The van der Waals surface area contributed by atoms with Gasteiger partial charge in [-0.1, -0.05) is 18.2 Å². The van der Waals surface area contributed by atoms with Gasteiger partial charge in [-0.2, -0.15) is 5.10 Å². The topological polar surface area (TPSA) is 55.2 Å². The number of para-hydroxylation sites is 1. The summed E-state index contributed by atoms with van der Waals surface area (Å²) in [4.78, 5) is 0.162. The molecule has 0 saturated carbocycles. The number of hydrogen-bond donors (Lipinski definition) is 0. The fourth-order valence-electron chi connectivity index (χ4n) is 3.57. The molecule has 0 fully saturated rings. The second-order valence-electron chi connectivity index (χ2n) is 6.82. The predicted molar refractivity (Wildman–Crippen MR) is 102 cm³/mol. The van der Waals surface area contributed by atoms with Crippen molar-refractivity contribution in [2.45, 2.75) is 37.6 Å². The number of hydrogen-bond acceptors (Lipinski definition) is 3. The number of aryl methyl sites for hydroxylation is 2. The van der Waals surface area contributed by atoms with Crippen molar-refractivity contribution >= 4 is 15.7 Å². The van der Waals surface area contributed by atoms with Gasteiger partial charge in [0.2, 0.25) is 0 Å². The fourth-order valence-corrected chi connectivity index (χ4v) is 5.45. The van der Waals surface area contributed by atoms with Gasteiger partial charge in [0.05, 0.1) is 23.3 Å². The molecule has 0 N–H and O–H groups in total. The monoisotopic (exact) mass is 385 g/mol. The molecule has 1 unspecified atom stereocenters. The van der Waals surface area contributed by atoms with Crippen molar-refractivity contribution in [3.63, 3.8) is 0 Å². The summed E-state index contributed by atoms with van der Waals surface area (Å²) in [5.74, 6) is -0.353. The van der Waals surface area contributed by atoms with Crippen molar-refractivity contribution < 1.29 is 12.8 Å². The fraction of sp³-hybridized carbons (Fsp3) is 0.250. The molecule has 0 amide bonds. The number of fused-ring (bicyclic) bond motifs is 1. The van der Waals surface area contributed by atoms with Crippen LogP contribution < -0.4 is 4.31 Å². The summed E-state index contributed by atoms with van der Waals surface area (Å²) in [7, 11) is -3.83. The molecule has 0 aliphatic carbocycles. The van der Waals surface area contributed by atoms with Crippen LogP contribution in [0.4, 0.5) is 10.1 Å². The maximum Gasteiger partial charge on any atom is 0.267 e. The Kier molecular flexibility index (Phi) is 4.26. The van der Waals surface area contributed by atoms with E-state index < -0.39 is 10.0 Å². The third-order valence-electron chi connectivity index (χ3n) is 4.92. The van der Waals surface area contributed by atoms with Crippen LogP contribution in [0.5, 0.6) is 0 Å². The number of sulfonamides is 1. The zero-order chi connectivity index (χ0) is 19.2. The van der Waals surface area contributed by atoms with Crippen LogP contribution in [0.3, 0.4) is 0 Å². The van der Waals surface area contributed by atoms with Gasteiger partial charge in [-0.05, 0) is 62.6 Å². The Morgan fingerprint density at radius 3 is 2.63 bits per heavy atom. The van der Waals surface area contributed by atoms with Gasteiger partial charge in [0.1, 0.15) is 10.7 Å². The van der Waals surface area contributed by atoms with E-state index in [1.54, 1.807) is 23.9 Å². The van der Waals surface area contributed by atoms with Crippen LogP contribution >= 0.6 is 0 Å². The van der Waals surface area contributed by atoms with E-state index in [4.69, 9.17) is 0 Å². The van der Waals surface area contributed by atoms with Gasteiger partial charge in [0.25, 0.3) is 10.0 Å². The number of rotatable bonds is 3. The molecule has 1 atom stereocenters. The minimum atomic E-state index is -3.83. The maximum absolute atomic E-state index is 13.6. The van der Waals surface area contributed by atoms with Gasteiger partial charge >= 0.3 is 0 Å². The van der Waals surface area contributed by atoms with Crippen LogP contribution in [-0.4, -0.2) is 24.2 Å². The first-order valence-electron chi connectivity index (χ1n) is 8.82. The number of nitrogens with zero attached hydrogens (tertiary/aromatic N) is 3. The second kappa shape index (κ2) is 6.49. The molecule has 0 radical (unpaired) electrons. The first kappa shape index (κ1) is 17.7. The average Bonchev–Trinajstić information content (AvgIpc) is 3.05. The highest BCUT2D eigenvalue weighted by Gasteiger charge is 2.36. The Morgan fingerprint density at radius 2 is 1.89 bits per heavy atom. The van der Waals surface area contributed by atoms with Crippen LogP contribution in [0.25, 0.3) is 5.69 Å². The molecule has 0 spiro atoms. The Morgan fingerprint density at radius 1 is 1.15 bits per heavy atom. The van der Waals surface area contributed by atoms with Crippen LogP contribution in [-0.2, 0) is 16.4 Å². The van der Waals surface area contributed by atoms with E-state index in [0.29, 0.717) is 29.8 Å². The lowest BCUT2D eigenvalue weighted by Crippen LogP contribution is -2.42. The SMILES string of the molecule is Cc1nn(-c2ccccc2)cc1S(=O)(=O)N1c2ccc(F)cc2CCC1C. The Hall–Kier alpha value is -2.67. The van der Waals surface area contributed by atoms with Gasteiger partial charge < -0.3 is 0 Å². The predicted octanol–water partition coefficient (Wildman–Crippen LogP) is 3.85. The third-order valence-corrected chi connectivity index (χ3v) is 6.95. The summed E-state index contributed by atoms with van der Waals surface area (Å²) in [6.45, 7) is 3.56. The third kappa shape index (κ3) is 3.02. The lowest BCUT2D eigenvalue weighted by Gasteiger charge is -2.35. The van der Waals surface area contributed by atoms with E-state index in [1.165, 1.54) is 16.4 Å². The summed E-state index contributed by atoms with van der Waals surface area (Å²) >= 11 is 0. The van der Waals surface area contributed by atoms with E-state index in [2.05, 4.69) is 5.10 Å². The van der Waals surface area contributed by atoms with E-state index in [0.717, 1.165) is 5.69 Å². The molecule has 1 aliphatic heterocycles.